The van der Waals surface area contributed by atoms with Gasteiger partial charge in [0.2, 0.25) is 0 Å². The Labute approximate surface area is 184 Å². The molecule has 2 atom stereocenters. The van der Waals surface area contributed by atoms with Gasteiger partial charge >= 0.3 is 0 Å². The number of anilines is 1. The van der Waals surface area contributed by atoms with Gasteiger partial charge in [0.1, 0.15) is 30.1 Å². The van der Waals surface area contributed by atoms with Crippen LogP contribution in [0.5, 0.6) is 5.75 Å². The predicted octanol–water partition coefficient (Wildman–Crippen LogP) is 3.41. The zero-order valence-electron chi connectivity index (χ0n) is 16.6. The lowest BCUT2D eigenvalue weighted by Crippen LogP contribution is -3.08. The summed E-state index contributed by atoms with van der Waals surface area (Å²) in [6.07, 6.45) is 0.720. The molecule has 3 aromatic rings. The predicted molar refractivity (Wildman–Crippen MR) is 120 cm³/mol. The molecular formula is C23H23ClN3O2S+. The highest BCUT2D eigenvalue weighted by atomic mass is 35.5. The van der Waals surface area contributed by atoms with Crippen molar-refractivity contribution in [3.05, 3.63) is 80.7 Å². The van der Waals surface area contributed by atoms with Crippen LogP contribution < -0.4 is 20.3 Å². The van der Waals surface area contributed by atoms with Crippen molar-refractivity contribution in [3.63, 3.8) is 0 Å². The number of amides is 1. The van der Waals surface area contributed by atoms with Crippen LogP contribution in [-0.4, -0.2) is 19.5 Å². The number of fused-ring (bicyclic) bond motifs is 3. The molecule has 0 bridgehead atoms. The monoisotopic (exact) mass is 440 g/mol. The third kappa shape index (κ3) is 3.67. The number of carbonyl (C=O) groups is 1. The van der Waals surface area contributed by atoms with E-state index in [2.05, 4.69) is 17.7 Å². The highest BCUT2D eigenvalue weighted by molar-refractivity contribution is 7.16. The van der Waals surface area contributed by atoms with Gasteiger partial charge < -0.3 is 20.3 Å². The molecule has 154 valence electrons. The molecule has 0 radical (unpaired) electrons. The lowest BCUT2D eigenvalue weighted by Gasteiger charge is -2.27. The fraction of sp³-hybridized carbons (Fsp3) is 0.261. The Kier molecular flexibility index (Phi) is 5.15. The van der Waals surface area contributed by atoms with E-state index in [1.807, 2.05) is 48.5 Å². The Bertz CT molecular complexity index is 1100. The number of rotatable bonds is 4. The number of ether oxygens (including phenoxy) is 1. The standard InChI is InChI=1S/C23H22ClN3O2S/c1-27-11-10-17-19(12-27)30-23-20(17)22(28)25-21(26-23)14-6-8-16(9-7-14)29-13-15-4-2-3-5-18(15)24/h2-9,21,26H,10-13H2,1H3,(H,25,28)/p+1/t21-/m1/s1. The van der Waals surface area contributed by atoms with E-state index in [4.69, 9.17) is 16.3 Å². The lowest BCUT2D eigenvalue weighted by molar-refractivity contribution is -0.895. The normalized spacial score (nSPS) is 20.0. The first-order valence-electron chi connectivity index (χ1n) is 10.1. The molecule has 0 spiro atoms. The van der Waals surface area contributed by atoms with E-state index in [0.29, 0.717) is 11.6 Å². The van der Waals surface area contributed by atoms with E-state index in [1.165, 1.54) is 15.3 Å². The molecule has 7 heteroatoms. The molecule has 1 unspecified atom stereocenters. The molecule has 2 aliphatic rings. The van der Waals surface area contributed by atoms with Crippen molar-refractivity contribution in [2.24, 2.45) is 0 Å². The quantitative estimate of drug-likeness (QED) is 0.582. The van der Waals surface area contributed by atoms with Crippen LogP contribution in [0.4, 0.5) is 5.00 Å². The molecular weight excluding hydrogens is 418 g/mol. The van der Waals surface area contributed by atoms with E-state index in [-0.39, 0.29) is 12.1 Å². The van der Waals surface area contributed by atoms with E-state index < -0.39 is 0 Å². The van der Waals surface area contributed by atoms with Crippen LogP contribution in [0.2, 0.25) is 5.02 Å². The number of quaternary nitrogens is 1. The van der Waals surface area contributed by atoms with Gasteiger partial charge in [-0.1, -0.05) is 41.9 Å². The van der Waals surface area contributed by atoms with E-state index in [9.17, 15) is 4.79 Å². The minimum Gasteiger partial charge on any atom is -0.489 e. The molecule has 0 saturated carbocycles. The van der Waals surface area contributed by atoms with Crippen LogP contribution in [0, 0.1) is 0 Å². The number of hydrogen-bond donors (Lipinski definition) is 3. The zero-order valence-corrected chi connectivity index (χ0v) is 18.2. The molecule has 3 N–H and O–H groups in total. The topological polar surface area (TPSA) is 54.8 Å². The van der Waals surface area contributed by atoms with Crippen molar-refractivity contribution in [2.75, 3.05) is 18.9 Å². The number of carbonyl (C=O) groups excluding carboxylic acids is 1. The third-order valence-electron chi connectivity index (χ3n) is 5.70. The maximum Gasteiger partial charge on any atom is 0.256 e. The summed E-state index contributed by atoms with van der Waals surface area (Å²) in [5.74, 6) is 0.781. The Morgan fingerprint density at radius 3 is 2.77 bits per heavy atom. The zero-order chi connectivity index (χ0) is 20.7. The van der Waals surface area contributed by atoms with Gasteiger partial charge in [-0.15, -0.1) is 11.3 Å². The van der Waals surface area contributed by atoms with E-state index >= 15 is 0 Å². The number of thiophene rings is 1. The number of likely N-dealkylation sites (N-methyl/N-ethyl adjacent to an activating group) is 1. The summed E-state index contributed by atoms with van der Waals surface area (Å²) in [5, 5.41) is 8.32. The second-order valence-electron chi connectivity index (χ2n) is 7.84. The van der Waals surface area contributed by atoms with Crippen molar-refractivity contribution in [2.45, 2.75) is 25.7 Å². The maximum absolute atomic E-state index is 12.9. The Balaban J connectivity index is 1.30. The van der Waals surface area contributed by atoms with Crippen LogP contribution in [0.15, 0.2) is 48.5 Å². The van der Waals surface area contributed by atoms with Gasteiger partial charge in [-0.25, -0.2) is 0 Å². The first-order chi connectivity index (χ1) is 14.6. The molecule has 2 aromatic carbocycles. The summed E-state index contributed by atoms with van der Waals surface area (Å²) in [5.41, 5.74) is 4.02. The van der Waals surface area contributed by atoms with Gasteiger partial charge in [-0.3, -0.25) is 4.79 Å². The van der Waals surface area contributed by atoms with Crippen LogP contribution >= 0.6 is 22.9 Å². The highest BCUT2D eigenvalue weighted by Gasteiger charge is 2.33. The molecule has 1 amide bonds. The smallest absolute Gasteiger partial charge is 0.256 e. The molecule has 3 heterocycles. The summed E-state index contributed by atoms with van der Waals surface area (Å²) in [7, 11) is 2.20. The van der Waals surface area contributed by atoms with Gasteiger partial charge in [0.05, 0.1) is 24.0 Å². The van der Waals surface area contributed by atoms with Crippen LogP contribution in [-0.2, 0) is 19.6 Å². The molecule has 5 nitrogen and oxygen atoms in total. The first-order valence-corrected chi connectivity index (χ1v) is 11.3. The van der Waals surface area contributed by atoms with Gasteiger partial charge in [0.25, 0.3) is 5.91 Å². The molecule has 5 rings (SSSR count). The summed E-state index contributed by atoms with van der Waals surface area (Å²) in [6.45, 7) is 2.48. The van der Waals surface area contributed by atoms with E-state index in [0.717, 1.165) is 47.0 Å². The molecule has 0 aliphatic carbocycles. The van der Waals surface area contributed by atoms with Crippen LogP contribution in [0.1, 0.15) is 38.1 Å². The summed E-state index contributed by atoms with van der Waals surface area (Å²) in [4.78, 5) is 15.7. The first kappa shape index (κ1) is 19.4. The molecule has 2 aliphatic heterocycles. The van der Waals surface area contributed by atoms with Gasteiger partial charge in [0, 0.05) is 17.0 Å². The fourth-order valence-corrected chi connectivity index (χ4v) is 5.61. The summed E-state index contributed by atoms with van der Waals surface area (Å²) in [6, 6.07) is 15.5. The average molecular weight is 441 g/mol. The minimum atomic E-state index is -0.243. The summed E-state index contributed by atoms with van der Waals surface area (Å²) >= 11 is 7.91. The Morgan fingerprint density at radius 2 is 1.97 bits per heavy atom. The Morgan fingerprint density at radius 1 is 1.17 bits per heavy atom. The number of nitrogens with one attached hydrogen (secondary N) is 3. The van der Waals surface area contributed by atoms with Crippen LogP contribution in [0.25, 0.3) is 0 Å². The number of halogens is 1. The summed E-state index contributed by atoms with van der Waals surface area (Å²) < 4.78 is 5.87. The average Bonchev–Trinajstić information content (AvgIpc) is 3.11. The van der Waals surface area contributed by atoms with Crippen LogP contribution in [0.3, 0.4) is 0 Å². The SMILES string of the molecule is C[NH+]1CCc2c(sc3c2C(=O)N[C@@H](c2ccc(OCc4ccccc4Cl)cc2)N3)C1. The largest absolute Gasteiger partial charge is 0.489 e. The number of benzene rings is 2. The number of hydrogen-bond acceptors (Lipinski definition) is 4. The molecule has 30 heavy (non-hydrogen) atoms. The van der Waals surface area contributed by atoms with Crippen molar-refractivity contribution < 1.29 is 14.4 Å². The van der Waals surface area contributed by atoms with E-state index in [1.54, 1.807) is 11.3 Å². The third-order valence-corrected chi connectivity index (χ3v) is 7.23. The highest BCUT2D eigenvalue weighted by Crippen LogP contribution is 2.39. The second kappa shape index (κ2) is 7.95. The van der Waals surface area contributed by atoms with Crippen molar-refractivity contribution >= 4 is 33.8 Å². The van der Waals surface area contributed by atoms with Crippen molar-refractivity contribution in [3.8, 4) is 5.75 Å². The maximum atomic E-state index is 12.9. The lowest BCUT2D eigenvalue weighted by atomic mass is 10.0. The van der Waals surface area contributed by atoms with Crippen molar-refractivity contribution in [1.29, 1.82) is 0 Å². The van der Waals surface area contributed by atoms with Gasteiger partial charge in [0.15, 0.2) is 0 Å². The fourth-order valence-electron chi connectivity index (χ4n) is 4.03. The van der Waals surface area contributed by atoms with Gasteiger partial charge in [-0.05, 0) is 29.3 Å². The Hall–Kier alpha value is -2.54. The second-order valence-corrected chi connectivity index (χ2v) is 9.35. The molecule has 0 saturated heterocycles. The minimum absolute atomic E-state index is 0.0184. The van der Waals surface area contributed by atoms with Gasteiger partial charge in [-0.2, -0.15) is 0 Å². The van der Waals surface area contributed by atoms with Crippen molar-refractivity contribution in [1.82, 2.24) is 5.32 Å². The molecule has 1 aromatic heterocycles. The molecule has 0 fully saturated rings.